The van der Waals surface area contributed by atoms with Crippen LogP contribution in [0, 0.1) is 0 Å². The van der Waals surface area contributed by atoms with Gasteiger partial charge in [0.2, 0.25) is 5.90 Å². The zero-order valence-electron chi connectivity index (χ0n) is 13.5. The minimum absolute atomic E-state index is 0.225. The molecule has 1 aliphatic rings. The summed E-state index contributed by atoms with van der Waals surface area (Å²) < 4.78 is 16.1. The molecular weight excluding hydrogens is 306 g/mol. The van der Waals surface area contributed by atoms with Crippen LogP contribution in [0.4, 0.5) is 0 Å². The van der Waals surface area contributed by atoms with E-state index in [2.05, 4.69) is 4.99 Å². The van der Waals surface area contributed by atoms with Crippen molar-refractivity contribution in [2.75, 3.05) is 13.7 Å². The van der Waals surface area contributed by atoms with Gasteiger partial charge in [0.25, 0.3) is 0 Å². The van der Waals surface area contributed by atoms with E-state index in [1.807, 2.05) is 43.3 Å². The van der Waals surface area contributed by atoms with Crippen molar-refractivity contribution >= 4 is 17.9 Å². The number of hydrogen-bond acceptors (Lipinski definition) is 5. The lowest BCUT2D eigenvalue weighted by Crippen LogP contribution is -2.06. The van der Waals surface area contributed by atoms with E-state index in [4.69, 9.17) is 14.2 Å². The maximum absolute atomic E-state index is 12.1. The summed E-state index contributed by atoms with van der Waals surface area (Å²) in [6.45, 7) is 2.45. The quantitative estimate of drug-likeness (QED) is 0.625. The number of esters is 1. The minimum atomic E-state index is -0.498. The third-order valence-corrected chi connectivity index (χ3v) is 3.47. The molecule has 24 heavy (non-hydrogen) atoms. The van der Waals surface area contributed by atoms with Crippen LogP contribution in [-0.4, -0.2) is 25.6 Å². The number of aliphatic imine (C=N–C) groups is 1. The van der Waals surface area contributed by atoms with Gasteiger partial charge >= 0.3 is 5.97 Å². The normalized spacial score (nSPS) is 15.2. The van der Waals surface area contributed by atoms with E-state index in [1.54, 1.807) is 25.3 Å². The first kappa shape index (κ1) is 15.8. The molecule has 2 aromatic rings. The summed E-state index contributed by atoms with van der Waals surface area (Å²) in [5.41, 5.74) is 1.63. The molecule has 2 aromatic carbocycles. The average molecular weight is 323 g/mol. The Morgan fingerprint density at radius 3 is 2.54 bits per heavy atom. The average Bonchev–Trinajstić information content (AvgIpc) is 2.97. The second-order valence-corrected chi connectivity index (χ2v) is 5.01. The van der Waals surface area contributed by atoms with E-state index in [0.717, 1.165) is 5.56 Å². The van der Waals surface area contributed by atoms with Crippen molar-refractivity contribution in [3.8, 4) is 11.5 Å². The molecule has 0 atom stereocenters. The Morgan fingerprint density at radius 2 is 1.79 bits per heavy atom. The van der Waals surface area contributed by atoms with E-state index >= 15 is 0 Å². The van der Waals surface area contributed by atoms with Gasteiger partial charge in [0, 0.05) is 5.56 Å². The fourth-order valence-corrected chi connectivity index (χ4v) is 2.38. The standard InChI is InChI=1S/C19H17NO4/c1-3-23-16-10-6-4-8-13(16)12-15-19(21)24-18(20-15)14-9-5-7-11-17(14)22-2/h4-12H,3H2,1-2H3/b15-12-. The number of carbonyl (C=O) groups is 1. The lowest BCUT2D eigenvalue weighted by Gasteiger charge is -2.06. The summed E-state index contributed by atoms with van der Waals surface area (Å²) in [5, 5.41) is 0. The highest BCUT2D eigenvalue weighted by Gasteiger charge is 2.26. The molecule has 0 saturated heterocycles. The fourth-order valence-electron chi connectivity index (χ4n) is 2.38. The van der Waals surface area contributed by atoms with Crippen molar-refractivity contribution in [3.63, 3.8) is 0 Å². The van der Waals surface area contributed by atoms with E-state index in [1.165, 1.54) is 0 Å². The molecule has 0 bridgehead atoms. The number of rotatable bonds is 5. The number of ether oxygens (including phenoxy) is 3. The summed E-state index contributed by atoms with van der Waals surface area (Å²) >= 11 is 0. The number of carbonyl (C=O) groups excluding carboxylic acids is 1. The Kier molecular flexibility index (Phi) is 4.61. The van der Waals surface area contributed by atoms with Gasteiger partial charge in [-0.05, 0) is 31.2 Å². The topological polar surface area (TPSA) is 57.1 Å². The van der Waals surface area contributed by atoms with Crippen LogP contribution in [0.5, 0.6) is 11.5 Å². The van der Waals surface area contributed by atoms with Crippen LogP contribution in [0.25, 0.3) is 6.08 Å². The molecule has 3 rings (SSSR count). The van der Waals surface area contributed by atoms with Gasteiger partial charge in [-0.2, -0.15) is 0 Å². The van der Waals surface area contributed by atoms with Crippen LogP contribution in [0.1, 0.15) is 18.1 Å². The maximum atomic E-state index is 12.1. The summed E-state index contributed by atoms with van der Waals surface area (Å²) in [7, 11) is 1.56. The second kappa shape index (κ2) is 7.00. The summed E-state index contributed by atoms with van der Waals surface area (Å²) in [5.74, 6) is 1.03. The van der Waals surface area contributed by atoms with Gasteiger partial charge in [-0.3, -0.25) is 0 Å². The molecule has 0 aliphatic carbocycles. The predicted molar refractivity (Wildman–Crippen MR) is 91.2 cm³/mol. The Labute approximate surface area is 140 Å². The number of para-hydroxylation sites is 2. The zero-order valence-corrected chi connectivity index (χ0v) is 13.5. The smallest absolute Gasteiger partial charge is 0.363 e. The molecule has 122 valence electrons. The first-order valence-corrected chi connectivity index (χ1v) is 7.60. The highest BCUT2D eigenvalue weighted by atomic mass is 16.6. The third kappa shape index (κ3) is 3.15. The van der Waals surface area contributed by atoms with E-state index < -0.39 is 5.97 Å². The van der Waals surface area contributed by atoms with Crippen molar-refractivity contribution in [3.05, 3.63) is 65.4 Å². The van der Waals surface area contributed by atoms with Crippen molar-refractivity contribution < 1.29 is 19.0 Å². The van der Waals surface area contributed by atoms with E-state index in [0.29, 0.717) is 23.7 Å². The SMILES string of the molecule is CCOc1ccccc1/C=C1\N=C(c2ccccc2OC)OC1=O. The van der Waals surface area contributed by atoms with Crippen LogP contribution in [0.15, 0.2) is 59.2 Å². The van der Waals surface area contributed by atoms with Gasteiger partial charge in [0.05, 0.1) is 19.3 Å². The molecular formula is C19H17NO4. The Balaban J connectivity index is 1.98. The van der Waals surface area contributed by atoms with Crippen LogP contribution in [-0.2, 0) is 9.53 Å². The number of nitrogens with zero attached hydrogens (tertiary/aromatic N) is 1. The zero-order chi connectivity index (χ0) is 16.9. The summed E-state index contributed by atoms with van der Waals surface area (Å²) in [4.78, 5) is 16.5. The van der Waals surface area contributed by atoms with Gasteiger partial charge in [0.1, 0.15) is 11.5 Å². The van der Waals surface area contributed by atoms with Gasteiger partial charge in [-0.1, -0.05) is 30.3 Å². The van der Waals surface area contributed by atoms with Gasteiger partial charge < -0.3 is 14.2 Å². The maximum Gasteiger partial charge on any atom is 0.363 e. The number of benzene rings is 2. The van der Waals surface area contributed by atoms with Crippen LogP contribution < -0.4 is 9.47 Å². The molecule has 0 radical (unpaired) electrons. The molecule has 0 amide bonds. The molecule has 0 N–H and O–H groups in total. The van der Waals surface area contributed by atoms with Crippen LogP contribution >= 0.6 is 0 Å². The first-order chi connectivity index (χ1) is 11.7. The Morgan fingerprint density at radius 1 is 1.08 bits per heavy atom. The third-order valence-electron chi connectivity index (χ3n) is 3.47. The fraction of sp³-hybridized carbons (Fsp3) is 0.158. The molecule has 0 aromatic heterocycles. The van der Waals surface area contributed by atoms with Crippen molar-refractivity contribution in [1.82, 2.24) is 0 Å². The van der Waals surface area contributed by atoms with Gasteiger partial charge in [-0.15, -0.1) is 0 Å². The monoisotopic (exact) mass is 323 g/mol. The van der Waals surface area contributed by atoms with Crippen LogP contribution in [0.2, 0.25) is 0 Å². The molecule has 5 heteroatoms. The molecule has 0 fully saturated rings. The van der Waals surface area contributed by atoms with Gasteiger partial charge in [-0.25, -0.2) is 9.79 Å². The number of cyclic esters (lactones) is 1. The highest BCUT2D eigenvalue weighted by Crippen LogP contribution is 2.27. The Bertz CT molecular complexity index is 824. The van der Waals surface area contributed by atoms with Crippen molar-refractivity contribution in [1.29, 1.82) is 0 Å². The minimum Gasteiger partial charge on any atom is -0.496 e. The largest absolute Gasteiger partial charge is 0.496 e. The highest BCUT2D eigenvalue weighted by molar-refractivity contribution is 6.13. The number of methoxy groups -OCH3 is 1. The number of hydrogen-bond donors (Lipinski definition) is 0. The Hall–Kier alpha value is -3.08. The lowest BCUT2D eigenvalue weighted by molar-refractivity contribution is -0.129. The molecule has 0 saturated carbocycles. The predicted octanol–water partition coefficient (Wildman–Crippen LogP) is 3.44. The molecule has 5 nitrogen and oxygen atoms in total. The van der Waals surface area contributed by atoms with Crippen molar-refractivity contribution in [2.45, 2.75) is 6.92 Å². The van der Waals surface area contributed by atoms with Gasteiger partial charge in [0.15, 0.2) is 5.70 Å². The molecule has 0 spiro atoms. The summed E-state index contributed by atoms with van der Waals surface area (Å²) in [6.07, 6.45) is 1.66. The first-order valence-electron chi connectivity index (χ1n) is 7.60. The molecule has 1 heterocycles. The lowest BCUT2D eigenvalue weighted by atomic mass is 10.1. The second-order valence-electron chi connectivity index (χ2n) is 5.01. The molecule has 1 aliphatic heterocycles. The molecule has 0 unspecified atom stereocenters. The van der Waals surface area contributed by atoms with E-state index in [-0.39, 0.29) is 11.6 Å². The van der Waals surface area contributed by atoms with Crippen molar-refractivity contribution in [2.24, 2.45) is 4.99 Å². The van der Waals surface area contributed by atoms with Crippen LogP contribution in [0.3, 0.4) is 0 Å². The summed E-state index contributed by atoms with van der Waals surface area (Å²) in [6, 6.07) is 14.7. The van der Waals surface area contributed by atoms with E-state index in [9.17, 15) is 4.79 Å².